The second-order valence-corrected chi connectivity index (χ2v) is 5.10. The van der Waals surface area contributed by atoms with E-state index in [4.69, 9.17) is 0 Å². The number of hydrogen-bond acceptors (Lipinski definition) is 2. The Kier molecular flexibility index (Phi) is 4.47. The van der Waals surface area contributed by atoms with E-state index in [2.05, 4.69) is 17.1 Å². The minimum atomic E-state index is -4.27. The molecule has 2 nitrogen and oxygen atoms in total. The van der Waals surface area contributed by atoms with Crippen LogP contribution in [0.2, 0.25) is 0 Å². The predicted molar refractivity (Wildman–Crippen MR) is 68.8 cm³/mol. The highest BCUT2D eigenvalue weighted by atomic mass is 19.4. The van der Waals surface area contributed by atoms with Crippen LogP contribution in [0.15, 0.2) is 24.3 Å². The lowest BCUT2D eigenvalue weighted by Crippen LogP contribution is -2.35. The fourth-order valence-electron chi connectivity index (χ4n) is 2.51. The van der Waals surface area contributed by atoms with Crippen molar-refractivity contribution in [3.8, 4) is 0 Å². The predicted octanol–water partition coefficient (Wildman–Crippen LogP) is 2.89. The van der Waals surface area contributed by atoms with Crippen molar-refractivity contribution in [1.29, 1.82) is 0 Å². The monoisotopic (exact) mass is 272 g/mol. The molecule has 1 aromatic rings. The second-order valence-electron chi connectivity index (χ2n) is 5.10. The standard InChI is InChI=1S/C14H19F3N2/c1-11-9-19(8-4-7-18-11)10-12-5-2-3-6-13(12)14(15,16)17/h2-3,5-6,11,18H,4,7-10H2,1H3. The lowest BCUT2D eigenvalue weighted by atomic mass is 10.1. The molecule has 1 heterocycles. The zero-order valence-corrected chi connectivity index (χ0v) is 11.0. The van der Waals surface area contributed by atoms with Crippen LogP contribution in [0.1, 0.15) is 24.5 Å². The highest BCUT2D eigenvalue weighted by Gasteiger charge is 2.33. The van der Waals surface area contributed by atoms with E-state index in [1.54, 1.807) is 12.1 Å². The Bertz CT molecular complexity index is 417. The van der Waals surface area contributed by atoms with E-state index in [9.17, 15) is 13.2 Å². The summed E-state index contributed by atoms with van der Waals surface area (Å²) >= 11 is 0. The molecule has 0 amide bonds. The Labute approximate surface area is 111 Å². The molecule has 1 aliphatic rings. The summed E-state index contributed by atoms with van der Waals surface area (Å²) in [4.78, 5) is 2.09. The van der Waals surface area contributed by atoms with E-state index < -0.39 is 11.7 Å². The van der Waals surface area contributed by atoms with E-state index in [1.807, 2.05) is 0 Å². The van der Waals surface area contributed by atoms with Gasteiger partial charge in [0.2, 0.25) is 0 Å². The van der Waals surface area contributed by atoms with Crippen molar-refractivity contribution in [3.63, 3.8) is 0 Å². The van der Waals surface area contributed by atoms with Crippen LogP contribution in [0.3, 0.4) is 0 Å². The maximum Gasteiger partial charge on any atom is 0.416 e. The van der Waals surface area contributed by atoms with Gasteiger partial charge < -0.3 is 5.32 Å². The molecule has 2 rings (SSSR count). The summed E-state index contributed by atoms with van der Waals surface area (Å²) in [6.45, 7) is 4.98. The summed E-state index contributed by atoms with van der Waals surface area (Å²) in [5.41, 5.74) is -0.149. The molecule has 1 aliphatic heterocycles. The van der Waals surface area contributed by atoms with Crippen molar-refractivity contribution >= 4 is 0 Å². The van der Waals surface area contributed by atoms with Gasteiger partial charge in [0, 0.05) is 19.1 Å². The number of nitrogens with one attached hydrogen (secondary N) is 1. The average Bonchev–Trinajstić information content (AvgIpc) is 2.53. The summed E-state index contributed by atoms with van der Waals surface area (Å²) < 4.78 is 38.8. The third-order valence-corrected chi connectivity index (χ3v) is 3.39. The number of nitrogens with zero attached hydrogens (tertiary/aromatic N) is 1. The molecule has 19 heavy (non-hydrogen) atoms. The lowest BCUT2D eigenvalue weighted by molar-refractivity contribution is -0.138. The van der Waals surface area contributed by atoms with Gasteiger partial charge in [-0.1, -0.05) is 18.2 Å². The Morgan fingerprint density at radius 3 is 2.79 bits per heavy atom. The minimum Gasteiger partial charge on any atom is -0.313 e. The minimum absolute atomic E-state index is 0.320. The molecule has 1 atom stereocenters. The third-order valence-electron chi connectivity index (χ3n) is 3.39. The molecule has 0 spiro atoms. The maximum absolute atomic E-state index is 12.9. The number of alkyl halides is 3. The Morgan fingerprint density at radius 2 is 2.05 bits per heavy atom. The zero-order chi connectivity index (χ0) is 13.9. The van der Waals surface area contributed by atoms with Crippen LogP contribution in [0, 0.1) is 0 Å². The molecule has 0 aliphatic carbocycles. The van der Waals surface area contributed by atoms with Crippen molar-refractivity contribution in [1.82, 2.24) is 10.2 Å². The van der Waals surface area contributed by atoms with E-state index in [1.165, 1.54) is 6.07 Å². The molecule has 0 bridgehead atoms. The van der Waals surface area contributed by atoms with Gasteiger partial charge in [0.05, 0.1) is 5.56 Å². The lowest BCUT2D eigenvalue weighted by Gasteiger charge is -2.24. The summed E-state index contributed by atoms with van der Waals surface area (Å²) in [5, 5.41) is 3.34. The molecule has 1 N–H and O–H groups in total. The molecule has 0 saturated carbocycles. The van der Waals surface area contributed by atoms with Crippen molar-refractivity contribution in [2.24, 2.45) is 0 Å². The average molecular weight is 272 g/mol. The molecule has 0 aromatic heterocycles. The van der Waals surface area contributed by atoms with E-state index in [-0.39, 0.29) is 0 Å². The van der Waals surface area contributed by atoms with Crippen molar-refractivity contribution in [2.45, 2.75) is 32.1 Å². The van der Waals surface area contributed by atoms with E-state index in [0.717, 1.165) is 32.1 Å². The number of hydrogen-bond donors (Lipinski definition) is 1. The first-order valence-electron chi connectivity index (χ1n) is 6.57. The van der Waals surface area contributed by atoms with Crippen LogP contribution >= 0.6 is 0 Å². The maximum atomic E-state index is 12.9. The van der Waals surface area contributed by atoms with E-state index >= 15 is 0 Å². The van der Waals surface area contributed by atoms with Gasteiger partial charge >= 0.3 is 6.18 Å². The van der Waals surface area contributed by atoms with Gasteiger partial charge in [-0.3, -0.25) is 4.90 Å². The fourth-order valence-corrected chi connectivity index (χ4v) is 2.51. The van der Waals surface area contributed by atoms with E-state index in [0.29, 0.717) is 18.2 Å². The quantitative estimate of drug-likeness (QED) is 0.890. The number of halogens is 3. The number of benzene rings is 1. The first-order valence-corrected chi connectivity index (χ1v) is 6.57. The normalized spacial score (nSPS) is 22.2. The first-order chi connectivity index (χ1) is 8.97. The van der Waals surface area contributed by atoms with Crippen LogP contribution in [0.5, 0.6) is 0 Å². The Balaban J connectivity index is 2.14. The van der Waals surface area contributed by atoms with Gasteiger partial charge in [0.1, 0.15) is 0 Å². The zero-order valence-electron chi connectivity index (χ0n) is 11.0. The molecule has 1 aromatic carbocycles. The molecule has 1 unspecified atom stereocenters. The topological polar surface area (TPSA) is 15.3 Å². The van der Waals surface area contributed by atoms with Crippen molar-refractivity contribution in [3.05, 3.63) is 35.4 Å². The van der Waals surface area contributed by atoms with Crippen molar-refractivity contribution in [2.75, 3.05) is 19.6 Å². The van der Waals surface area contributed by atoms with Crippen LogP contribution in [-0.4, -0.2) is 30.6 Å². The largest absolute Gasteiger partial charge is 0.416 e. The Hall–Kier alpha value is -1.07. The van der Waals surface area contributed by atoms with Crippen LogP contribution < -0.4 is 5.32 Å². The van der Waals surface area contributed by atoms with Gasteiger partial charge in [0.25, 0.3) is 0 Å². The highest BCUT2D eigenvalue weighted by molar-refractivity contribution is 5.29. The molecule has 106 valence electrons. The summed E-state index contributed by atoms with van der Waals surface area (Å²) in [6, 6.07) is 6.17. The molecular weight excluding hydrogens is 253 g/mol. The van der Waals surface area contributed by atoms with Crippen LogP contribution in [0.25, 0.3) is 0 Å². The molecule has 1 fully saturated rings. The summed E-state index contributed by atoms with van der Waals surface area (Å²) in [5.74, 6) is 0. The smallest absolute Gasteiger partial charge is 0.313 e. The highest BCUT2D eigenvalue weighted by Crippen LogP contribution is 2.32. The Morgan fingerprint density at radius 1 is 1.32 bits per heavy atom. The van der Waals surface area contributed by atoms with Crippen LogP contribution in [0.4, 0.5) is 13.2 Å². The fraction of sp³-hybridized carbons (Fsp3) is 0.571. The number of rotatable bonds is 2. The SMILES string of the molecule is CC1CN(Cc2ccccc2C(F)(F)F)CCCN1. The van der Waals surface area contributed by atoms with Gasteiger partial charge in [-0.15, -0.1) is 0 Å². The van der Waals surface area contributed by atoms with Gasteiger partial charge in [-0.05, 0) is 38.1 Å². The first kappa shape index (κ1) is 14.3. The third kappa shape index (κ3) is 3.94. The van der Waals surface area contributed by atoms with Crippen LogP contribution in [-0.2, 0) is 12.7 Å². The van der Waals surface area contributed by atoms with Gasteiger partial charge in [-0.2, -0.15) is 13.2 Å². The summed E-state index contributed by atoms with van der Waals surface area (Å²) in [7, 11) is 0. The molecule has 5 heteroatoms. The molecule has 0 radical (unpaired) electrons. The summed E-state index contributed by atoms with van der Waals surface area (Å²) in [6.07, 6.45) is -3.30. The molecule has 1 saturated heterocycles. The van der Waals surface area contributed by atoms with Gasteiger partial charge in [0.15, 0.2) is 0 Å². The van der Waals surface area contributed by atoms with Crippen molar-refractivity contribution < 1.29 is 13.2 Å². The van der Waals surface area contributed by atoms with Gasteiger partial charge in [-0.25, -0.2) is 0 Å². The molecular formula is C14H19F3N2. The second kappa shape index (κ2) is 5.92.